The first kappa shape index (κ1) is 20.1. The zero-order chi connectivity index (χ0) is 19.4. The topological polar surface area (TPSA) is 89.6 Å². The molecule has 1 saturated heterocycles. The van der Waals surface area contributed by atoms with Crippen molar-refractivity contribution in [3.05, 3.63) is 18.2 Å². The maximum atomic E-state index is 12.3. The Labute approximate surface area is 162 Å². The summed E-state index contributed by atoms with van der Waals surface area (Å²) in [5, 5.41) is 5.55. The van der Waals surface area contributed by atoms with E-state index in [1.165, 1.54) is 18.2 Å². The molecule has 3 rings (SSSR count). The number of carbonyl (C=O) groups is 2. The third-order valence-corrected chi connectivity index (χ3v) is 6.79. The molecule has 2 heterocycles. The number of halogens is 3. The van der Waals surface area contributed by atoms with Gasteiger partial charge in [-0.25, -0.2) is 0 Å². The number of thiazole rings is 1. The molecule has 1 radical (unpaired) electrons. The minimum atomic E-state index is -4.76. The van der Waals surface area contributed by atoms with Gasteiger partial charge in [0.15, 0.2) is 0 Å². The van der Waals surface area contributed by atoms with Crippen LogP contribution in [0.15, 0.2) is 18.2 Å². The summed E-state index contributed by atoms with van der Waals surface area (Å²) in [4.78, 5) is 28.3. The minimum absolute atomic E-state index is 0.116. The molecular weight excluding hydrogens is 450 g/mol. The summed E-state index contributed by atoms with van der Waals surface area (Å²) in [7, 11) is 0. The molecule has 1 amide bonds. The number of fused-ring (bicyclic) bond motifs is 1. The fraction of sp³-hybridized carbons (Fsp3) is 0.400. The number of morpholine rings is 1. The van der Waals surface area contributed by atoms with Crippen molar-refractivity contribution in [1.29, 1.82) is 0 Å². The quantitative estimate of drug-likeness (QED) is 0.593. The van der Waals surface area contributed by atoms with E-state index in [-0.39, 0.29) is 29.4 Å². The Kier molecular flexibility index (Phi) is 6.36. The molecule has 12 heteroatoms. The summed E-state index contributed by atoms with van der Waals surface area (Å²) in [5.74, 6) is -0.635. The van der Waals surface area contributed by atoms with Gasteiger partial charge in [0.05, 0.1) is 0 Å². The Hall–Kier alpha value is -1.68. The second-order valence-corrected chi connectivity index (χ2v) is 9.57. The first-order chi connectivity index (χ1) is 12.8. The molecule has 0 spiro atoms. The number of hydrogen-bond donors (Lipinski definition) is 2. The van der Waals surface area contributed by atoms with Gasteiger partial charge in [-0.3, -0.25) is 0 Å². The average molecular weight is 464 g/mol. The molecule has 1 atom stereocenters. The maximum absolute atomic E-state index is 12.3. The molecule has 1 aliphatic rings. The van der Waals surface area contributed by atoms with Crippen molar-refractivity contribution in [3.8, 4) is 5.75 Å². The van der Waals surface area contributed by atoms with Gasteiger partial charge in [0.2, 0.25) is 0 Å². The SMILES string of the molecule is O=C(CNC(=O)[C@@H]1COCCN1)[As]c1nc2ccc(OC(F)(F)F)cc2s1. The predicted octanol–water partition coefficient (Wildman–Crippen LogP) is 0.156. The van der Waals surface area contributed by atoms with E-state index in [0.29, 0.717) is 27.2 Å². The number of carbonyl (C=O) groups excluding carboxylic acids is 2. The van der Waals surface area contributed by atoms with Crippen LogP contribution in [0.3, 0.4) is 0 Å². The van der Waals surface area contributed by atoms with Crippen molar-refractivity contribution in [2.45, 2.75) is 12.4 Å². The number of aromatic nitrogens is 1. The molecule has 0 saturated carbocycles. The van der Waals surface area contributed by atoms with E-state index in [1.807, 2.05) is 0 Å². The van der Waals surface area contributed by atoms with Crippen molar-refractivity contribution in [2.75, 3.05) is 26.3 Å². The van der Waals surface area contributed by atoms with Crippen LogP contribution < -0.4 is 19.2 Å². The second-order valence-electron chi connectivity index (χ2n) is 5.48. The third-order valence-electron chi connectivity index (χ3n) is 3.45. The Balaban J connectivity index is 1.55. The molecule has 1 aromatic carbocycles. The van der Waals surface area contributed by atoms with Crippen molar-refractivity contribution < 1.29 is 32.2 Å². The first-order valence-electron chi connectivity index (χ1n) is 7.80. The summed E-state index contributed by atoms with van der Waals surface area (Å²) in [5.41, 5.74) is 0.500. The summed E-state index contributed by atoms with van der Waals surface area (Å²) >= 11 is 0.176. The van der Waals surface area contributed by atoms with Gasteiger partial charge in [0.1, 0.15) is 0 Å². The number of hydrogen-bond acceptors (Lipinski definition) is 7. The molecule has 1 fully saturated rings. The van der Waals surface area contributed by atoms with Gasteiger partial charge in [-0.15, -0.1) is 0 Å². The molecular formula is C15H14AsF3N3O4S. The summed E-state index contributed by atoms with van der Waals surface area (Å²) < 4.78 is 46.8. The van der Waals surface area contributed by atoms with Crippen LogP contribution in [-0.2, 0) is 14.3 Å². The van der Waals surface area contributed by atoms with E-state index in [2.05, 4.69) is 20.4 Å². The summed E-state index contributed by atoms with van der Waals surface area (Å²) in [6.07, 6.45) is -4.76. The van der Waals surface area contributed by atoms with Crippen LogP contribution in [-0.4, -0.2) is 69.9 Å². The van der Waals surface area contributed by atoms with Gasteiger partial charge in [0.25, 0.3) is 0 Å². The van der Waals surface area contributed by atoms with Crippen LogP contribution in [0.25, 0.3) is 10.2 Å². The third kappa shape index (κ3) is 5.90. The van der Waals surface area contributed by atoms with Crippen molar-refractivity contribution in [2.24, 2.45) is 0 Å². The number of nitrogens with zero attached hydrogens (tertiary/aromatic N) is 1. The van der Waals surface area contributed by atoms with Gasteiger partial charge in [0, 0.05) is 0 Å². The van der Waals surface area contributed by atoms with Crippen molar-refractivity contribution in [1.82, 2.24) is 15.6 Å². The number of benzene rings is 1. The fourth-order valence-electron chi connectivity index (χ4n) is 2.30. The van der Waals surface area contributed by atoms with Gasteiger partial charge < -0.3 is 0 Å². The fourth-order valence-corrected chi connectivity index (χ4v) is 5.63. The molecule has 7 nitrogen and oxygen atoms in total. The van der Waals surface area contributed by atoms with Crippen LogP contribution in [0.2, 0.25) is 0 Å². The molecule has 0 aliphatic carbocycles. The molecule has 145 valence electrons. The van der Waals surface area contributed by atoms with Gasteiger partial charge >= 0.3 is 162 Å². The van der Waals surface area contributed by atoms with E-state index in [0.717, 1.165) is 11.3 Å². The first-order valence-corrected chi connectivity index (χ1v) is 10.5. The Morgan fingerprint density at radius 3 is 2.96 bits per heavy atom. The molecule has 2 N–H and O–H groups in total. The zero-order valence-corrected chi connectivity index (χ0v) is 16.4. The predicted molar refractivity (Wildman–Crippen MR) is 92.3 cm³/mol. The van der Waals surface area contributed by atoms with E-state index < -0.39 is 28.2 Å². The van der Waals surface area contributed by atoms with Gasteiger partial charge in [-0.2, -0.15) is 0 Å². The monoisotopic (exact) mass is 464 g/mol. The summed E-state index contributed by atoms with van der Waals surface area (Å²) in [6.45, 7) is 1.26. The number of ether oxygens (including phenoxy) is 2. The molecule has 1 aromatic heterocycles. The molecule has 1 aliphatic heterocycles. The summed E-state index contributed by atoms with van der Waals surface area (Å²) in [6, 6.07) is 3.36. The van der Waals surface area contributed by atoms with E-state index >= 15 is 0 Å². The van der Waals surface area contributed by atoms with E-state index in [4.69, 9.17) is 4.74 Å². The number of rotatable bonds is 6. The van der Waals surface area contributed by atoms with Gasteiger partial charge in [-0.05, 0) is 0 Å². The van der Waals surface area contributed by atoms with Crippen LogP contribution >= 0.6 is 11.3 Å². The zero-order valence-electron chi connectivity index (χ0n) is 13.7. The van der Waals surface area contributed by atoms with Gasteiger partial charge in [-0.1, -0.05) is 0 Å². The van der Waals surface area contributed by atoms with E-state index in [9.17, 15) is 22.8 Å². The Morgan fingerprint density at radius 2 is 2.26 bits per heavy atom. The van der Waals surface area contributed by atoms with Crippen LogP contribution in [0.4, 0.5) is 13.2 Å². The molecule has 0 unspecified atom stereocenters. The normalized spacial score (nSPS) is 18.1. The van der Waals surface area contributed by atoms with Crippen molar-refractivity contribution in [3.63, 3.8) is 0 Å². The Morgan fingerprint density at radius 1 is 1.44 bits per heavy atom. The van der Waals surface area contributed by atoms with Crippen LogP contribution in [0.1, 0.15) is 0 Å². The van der Waals surface area contributed by atoms with Crippen molar-refractivity contribution >= 4 is 51.6 Å². The number of nitrogens with one attached hydrogen (secondary N) is 2. The standard InChI is InChI=1S/C15H14AsF3N3O4S/c17-15(18,19)26-8-1-2-9-11(5-8)27-14(22-9)16-12(23)6-21-13(24)10-7-25-4-3-20-10/h1-2,5,10,20H,3-4,6-7H2,(H,21,24)/t10-/m0/s1. The Bertz CT molecular complexity index is 839. The molecule has 2 aromatic rings. The van der Waals surface area contributed by atoms with Crippen LogP contribution in [0.5, 0.6) is 5.75 Å². The van der Waals surface area contributed by atoms with Crippen LogP contribution in [0, 0.1) is 0 Å². The second kappa shape index (κ2) is 8.55. The average Bonchev–Trinajstić information content (AvgIpc) is 3.00. The molecule has 27 heavy (non-hydrogen) atoms. The molecule has 0 bridgehead atoms. The number of amides is 1. The number of alkyl halides is 3. The van der Waals surface area contributed by atoms with E-state index in [1.54, 1.807) is 0 Å².